The van der Waals surface area contributed by atoms with Crippen molar-refractivity contribution in [1.29, 1.82) is 0 Å². The zero-order valence-electron chi connectivity index (χ0n) is 10.6. The van der Waals surface area contributed by atoms with Crippen molar-refractivity contribution in [1.82, 2.24) is 5.32 Å². The second kappa shape index (κ2) is 7.61. The molecule has 110 valence electrons. The molecule has 0 fully saturated rings. The van der Waals surface area contributed by atoms with E-state index in [0.29, 0.717) is 4.88 Å². The maximum Gasteiger partial charge on any atom is 0.326 e. The summed E-state index contributed by atoms with van der Waals surface area (Å²) in [6, 6.07) is 1.38. The van der Waals surface area contributed by atoms with Crippen molar-refractivity contribution in [3.05, 3.63) is 22.4 Å². The van der Waals surface area contributed by atoms with Crippen molar-refractivity contribution in [2.24, 2.45) is 5.73 Å². The lowest BCUT2D eigenvalue weighted by molar-refractivity contribution is -0.143. The van der Waals surface area contributed by atoms with Crippen molar-refractivity contribution >= 4 is 29.2 Å². The first-order chi connectivity index (χ1) is 9.41. The molecule has 20 heavy (non-hydrogen) atoms. The Bertz CT molecular complexity index is 474. The Balaban J connectivity index is 2.54. The van der Waals surface area contributed by atoms with Gasteiger partial charge >= 0.3 is 11.9 Å². The Morgan fingerprint density at radius 3 is 2.55 bits per heavy atom. The van der Waals surface area contributed by atoms with Crippen LogP contribution in [-0.4, -0.2) is 34.1 Å². The quantitative estimate of drug-likeness (QED) is 0.555. The van der Waals surface area contributed by atoms with Crippen LogP contribution in [-0.2, 0) is 14.4 Å². The summed E-state index contributed by atoms with van der Waals surface area (Å²) >= 11 is 1.31. The number of carbonyl (C=O) groups is 3. The van der Waals surface area contributed by atoms with E-state index >= 15 is 0 Å². The summed E-state index contributed by atoms with van der Waals surface area (Å²) in [4.78, 5) is 33.9. The number of aliphatic carboxylic acids is 2. The van der Waals surface area contributed by atoms with E-state index < -0.39 is 29.9 Å². The van der Waals surface area contributed by atoms with Crippen LogP contribution in [0.15, 0.2) is 17.5 Å². The number of hydrogen-bond donors (Lipinski definition) is 4. The van der Waals surface area contributed by atoms with Crippen LogP contribution in [0.1, 0.15) is 30.2 Å². The largest absolute Gasteiger partial charge is 0.481 e. The van der Waals surface area contributed by atoms with Crippen LogP contribution < -0.4 is 11.1 Å². The maximum atomic E-state index is 11.8. The predicted molar refractivity (Wildman–Crippen MR) is 72.3 cm³/mol. The second-order valence-corrected chi connectivity index (χ2v) is 5.16. The summed E-state index contributed by atoms with van der Waals surface area (Å²) in [5, 5.41) is 21.6. The van der Waals surface area contributed by atoms with Gasteiger partial charge in [-0.2, -0.15) is 0 Å². The van der Waals surface area contributed by atoms with Gasteiger partial charge in [0, 0.05) is 11.3 Å². The molecule has 8 heteroatoms. The van der Waals surface area contributed by atoms with Crippen LogP contribution in [0.2, 0.25) is 0 Å². The van der Waals surface area contributed by atoms with E-state index in [1.165, 1.54) is 11.3 Å². The van der Waals surface area contributed by atoms with Crippen molar-refractivity contribution < 1.29 is 24.6 Å². The second-order valence-electron chi connectivity index (χ2n) is 4.18. The van der Waals surface area contributed by atoms with E-state index in [4.69, 9.17) is 15.9 Å². The topological polar surface area (TPSA) is 130 Å². The zero-order chi connectivity index (χ0) is 15.1. The number of thiophene rings is 1. The Morgan fingerprint density at radius 2 is 2.05 bits per heavy atom. The molecule has 1 amide bonds. The maximum absolute atomic E-state index is 11.8. The Morgan fingerprint density at radius 1 is 1.35 bits per heavy atom. The first-order valence-corrected chi connectivity index (χ1v) is 6.83. The molecule has 0 aliphatic rings. The number of amides is 1. The monoisotopic (exact) mass is 300 g/mol. The summed E-state index contributed by atoms with van der Waals surface area (Å²) in [6.07, 6.45) is 0.0714. The molecule has 0 aliphatic carbocycles. The van der Waals surface area contributed by atoms with Crippen molar-refractivity contribution in [2.75, 3.05) is 0 Å². The lowest BCUT2D eigenvalue weighted by atomic mass is 10.1. The summed E-state index contributed by atoms with van der Waals surface area (Å²) < 4.78 is 0. The minimum Gasteiger partial charge on any atom is -0.481 e. The predicted octanol–water partition coefficient (Wildman–Crippen LogP) is 0.572. The molecular weight excluding hydrogens is 284 g/mol. The van der Waals surface area contributed by atoms with Gasteiger partial charge < -0.3 is 21.3 Å². The summed E-state index contributed by atoms with van der Waals surface area (Å²) in [7, 11) is 0. The van der Waals surface area contributed by atoms with Gasteiger partial charge in [0.25, 0.3) is 0 Å². The fraction of sp³-hybridized carbons (Fsp3) is 0.417. The van der Waals surface area contributed by atoms with Gasteiger partial charge in [-0.3, -0.25) is 9.59 Å². The molecule has 0 bridgehead atoms. The molecule has 0 saturated heterocycles. The molecule has 0 aliphatic heterocycles. The molecule has 1 aromatic heterocycles. The average molecular weight is 300 g/mol. The average Bonchev–Trinajstić information content (AvgIpc) is 2.89. The molecule has 1 aromatic rings. The number of carbonyl (C=O) groups excluding carboxylic acids is 1. The third-order valence-corrected chi connectivity index (χ3v) is 3.59. The van der Waals surface area contributed by atoms with Gasteiger partial charge in [-0.1, -0.05) is 6.07 Å². The number of nitrogens with two attached hydrogens (primary N) is 1. The van der Waals surface area contributed by atoms with Gasteiger partial charge in [-0.05, 0) is 24.3 Å². The van der Waals surface area contributed by atoms with Crippen molar-refractivity contribution in [3.8, 4) is 0 Å². The molecule has 0 aromatic carbocycles. The van der Waals surface area contributed by atoms with Gasteiger partial charge in [0.2, 0.25) is 5.91 Å². The number of carboxylic acid groups (broad SMARTS) is 2. The lowest BCUT2D eigenvalue weighted by Crippen LogP contribution is -2.44. The van der Waals surface area contributed by atoms with Crippen LogP contribution in [0.5, 0.6) is 0 Å². The number of hydrogen-bond acceptors (Lipinski definition) is 5. The summed E-state index contributed by atoms with van der Waals surface area (Å²) in [6.45, 7) is 0. The molecule has 2 atom stereocenters. The Hall–Kier alpha value is -1.93. The highest BCUT2D eigenvalue weighted by atomic mass is 32.1. The van der Waals surface area contributed by atoms with Crippen LogP contribution >= 0.6 is 11.3 Å². The van der Waals surface area contributed by atoms with E-state index in [1.807, 2.05) is 0 Å². The molecular formula is C12H16N2O5S. The number of nitrogens with one attached hydrogen (secondary N) is 1. The van der Waals surface area contributed by atoms with E-state index in [0.717, 1.165) is 0 Å². The highest BCUT2D eigenvalue weighted by Crippen LogP contribution is 2.17. The van der Waals surface area contributed by atoms with E-state index in [2.05, 4.69) is 5.32 Å². The first-order valence-electron chi connectivity index (χ1n) is 5.95. The molecule has 5 N–H and O–H groups in total. The van der Waals surface area contributed by atoms with Crippen molar-refractivity contribution in [2.45, 2.75) is 31.3 Å². The minimum absolute atomic E-state index is 0.0462. The summed E-state index contributed by atoms with van der Waals surface area (Å²) in [5.41, 5.74) is 5.72. The standard InChI is InChI=1S/C12H16N2O5S/c13-10(8-4-2-6-20-8)11(17)14-7(12(18)19)3-1-5-9(15)16/h2,4,6-7,10H,1,3,5,13H2,(H,14,17)(H,15,16)(H,18,19)/t7-,10?/m1/s1. The van der Waals surface area contributed by atoms with Gasteiger partial charge in [-0.15, -0.1) is 11.3 Å². The minimum atomic E-state index is -1.21. The van der Waals surface area contributed by atoms with Gasteiger partial charge in [0.15, 0.2) is 0 Å². The first kappa shape index (κ1) is 16.1. The third-order valence-electron chi connectivity index (χ3n) is 2.63. The molecule has 7 nitrogen and oxygen atoms in total. The number of carboxylic acids is 2. The molecule has 0 radical (unpaired) electrons. The van der Waals surface area contributed by atoms with Gasteiger partial charge in [0.05, 0.1) is 0 Å². The normalized spacial score (nSPS) is 13.4. The molecule has 0 saturated carbocycles. The lowest BCUT2D eigenvalue weighted by Gasteiger charge is -2.16. The van der Waals surface area contributed by atoms with E-state index in [-0.39, 0.29) is 19.3 Å². The highest BCUT2D eigenvalue weighted by molar-refractivity contribution is 7.10. The van der Waals surface area contributed by atoms with Crippen LogP contribution in [0.25, 0.3) is 0 Å². The number of rotatable bonds is 8. The van der Waals surface area contributed by atoms with Crippen LogP contribution in [0.3, 0.4) is 0 Å². The zero-order valence-corrected chi connectivity index (χ0v) is 11.4. The van der Waals surface area contributed by atoms with Crippen molar-refractivity contribution in [3.63, 3.8) is 0 Å². The molecule has 0 spiro atoms. The Kier molecular flexibility index (Phi) is 6.13. The highest BCUT2D eigenvalue weighted by Gasteiger charge is 2.24. The summed E-state index contributed by atoms with van der Waals surface area (Å²) in [5.74, 6) is -2.80. The fourth-order valence-electron chi connectivity index (χ4n) is 1.57. The molecule has 1 unspecified atom stereocenters. The van der Waals surface area contributed by atoms with Crippen LogP contribution in [0.4, 0.5) is 0 Å². The smallest absolute Gasteiger partial charge is 0.326 e. The third kappa shape index (κ3) is 4.98. The van der Waals surface area contributed by atoms with Gasteiger partial charge in [0.1, 0.15) is 12.1 Å². The van der Waals surface area contributed by atoms with E-state index in [1.54, 1.807) is 17.5 Å². The molecule has 1 heterocycles. The van der Waals surface area contributed by atoms with E-state index in [9.17, 15) is 14.4 Å². The SMILES string of the molecule is NC(C(=O)N[C@H](CCCC(=O)O)C(=O)O)c1cccs1. The molecule has 1 rings (SSSR count). The fourth-order valence-corrected chi connectivity index (χ4v) is 2.30. The van der Waals surface area contributed by atoms with Gasteiger partial charge in [-0.25, -0.2) is 4.79 Å². The Labute approximate surface area is 119 Å². The van der Waals surface area contributed by atoms with Crippen LogP contribution in [0, 0.1) is 0 Å².